The molecule has 4 rings (SSSR count). The fourth-order valence-electron chi connectivity index (χ4n) is 2.90. The van der Waals surface area contributed by atoms with Crippen LogP contribution in [0.2, 0.25) is 0 Å². The van der Waals surface area contributed by atoms with Crippen molar-refractivity contribution in [2.45, 2.75) is 19.4 Å². The van der Waals surface area contributed by atoms with E-state index in [2.05, 4.69) is 26.4 Å². The number of imidazole rings is 1. The topological polar surface area (TPSA) is 78.8 Å². The summed E-state index contributed by atoms with van der Waals surface area (Å²) < 4.78 is 7.84. The van der Waals surface area contributed by atoms with Crippen LogP contribution in [-0.2, 0) is 11.2 Å². The lowest BCUT2D eigenvalue weighted by molar-refractivity contribution is 0.124. The molecule has 0 saturated heterocycles. The van der Waals surface area contributed by atoms with Crippen molar-refractivity contribution in [2.24, 2.45) is 0 Å². The monoisotopic (exact) mass is 269 g/mol. The van der Waals surface area contributed by atoms with E-state index in [1.807, 2.05) is 12.1 Å². The van der Waals surface area contributed by atoms with Crippen molar-refractivity contribution >= 4 is 27.9 Å². The summed E-state index contributed by atoms with van der Waals surface area (Å²) in [5.41, 5.74) is 8.52. The van der Waals surface area contributed by atoms with Gasteiger partial charge in [0.05, 0.1) is 24.8 Å². The van der Waals surface area contributed by atoms with Gasteiger partial charge in [0.2, 0.25) is 0 Å². The Kier molecular flexibility index (Phi) is 2.40. The van der Waals surface area contributed by atoms with Crippen molar-refractivity contribution in [3.8, 4) is 0 Å². The maximum Gasteiger partial charge on any atom is 0.163 e. The Balaban J connectivity index is 2.19. The molecule has 6 nitrogen and oxygen atoms in total. The number of rotatable bonds is 0. The molecule has 0 aromatic carbocycles. The Morgan fingerprint density at radius 3 is 3.20 bits per heavy atom. The summed E-state index contributed by atoms with van der Waals surface area (Å²) in [6.45, 7) is 3.51. The van der Waals surface area contributed by atoms with E-state index in [1.165, 1.54) is 0 Å². The number of aromatic nitrogens is 4. The van der Waals surface area contributed by atoms with Gasteiger partial charge in [0.25, 0.3) is 0 Å². The van der Waals surface area contributed by atoms with Gasteiger partial charge in [-0.2, -0.15) is 0 Å². The molecule has 1 atom stereocenters. The average Bonchev–Trinajstić information content (AvgIpc) is 2.75. The fraction of sp³-hybridized carbons (Fsp3) is 0.357. The molecule has 0 radical (unpaired) electrons. The van der Waals surface area contributed by atoms with Crippen molar-refractivity contribution in [3.63, 3.8) is 0 Å². The van der Waals surface area contributed by atoms with E-state index in [0.29, 0.717) is 24.7 Å². The van der Waals surface area contributed by atoms with Gasteiger partial charge >= 0.3 is 0 Å². The molecule has 102 valence electrons. The number of hydrogen-bond acceptors (Lipinski definition) is 5. The third kappa shape index (κ3) is 1.51. The molecule has 4 heterocycles. The number of anilines is 1. The van der Waals surface area contributed by atoms with Crippen LogP contribution in [-0.4, -0.2) is 32.7 Å². The maximum atomic E-state index is 6.06. The predicted octanol–water partition coefficient (Wildman–Crippen LogP) is 1.70. The zero-order valence-corrected chi connectivity index (χ0v) is 11.2. The summed E-state index contributed by atoms with van der Waals surface area (Å²) in [7, 11) is 0. The lowest BCUT2D eigenvalue weighted by Crippen LogP contribution is -2.10. The quantitative estimate of drug-likeness (QED) is 0.672. The molecule has 0 amide bonds. The third-order valence-electron chi connectivity index (χ3n) is 3.76. The zero-order valence-electron chi connectivity index (χ0n) is 11.2. The fourth-order valence-corrected chi connectivity index (χ4v) is 2.90. The van der Waals surface area contributed by atoms with Gasteiger partial charge in [-0.1, -0.05) is 0 Å². The van der Waals surface area contributed by atoms with Gasteiger partial charge in [-0.15, -0.1) is 0 Å². The minimum absolute atomic E-state index is 0.225. The van der Waals surface area contributed by atoms with Gasteiger partial charge in [-0.25, -0.2) is 15.0 Å². The van der Waals surface area contributed by atoms with E-state index in [-0.39, 0.29) is 6.04 Å². The lowest BCUT2D eigenvalue weighted by Gasteiger charge is -2.14. The largest absolute Gasteiger partial charge is 0.382 e. The molecule has 0 fully saturated rings. The molecule has 3 aromatic heterocycles. The number of hydrogen-bond donors (Lipinski definition) is 1. The molecule has 0 bridgehead atoms. The molecular formula is C14H15N5O. The molecule has 1 aliphatic rings. The minimum atomic E-state index is 0.225. The molecule has 6 heteroatoms. The second kappa shape index (κ2) is 4.14. The number of nitrogens with zero attached hydrogens (tertiary/aromatic N) is 4. The third-order valence-corrected chi connectivity index (χ3v) is 3.76. The molecule has 20 heavy (non-hydrogen) atoms. The molecule has 1 unspecified atom stereocenters. The first-order valence-electron chi connectivity index (χ1n) is 6.74. The first-order valence-corrected chi connectivity index (χ1v) is 6.74. The van der Waals surface area contributed by atoms with Crippen molar-refractivity contribution in [1.29, 1.82) is 0 Å². The van der Waals surface area contributed by atoms with Crippen molar-refractivity contribution in [1.82, 2.24) is 19.5 Å². The summed E-state index contributed by atoms with van der Waals surface area (Å²) in [6, 6.07) is 4.16. The van der Waals surface area contributed by atoms with Gasteiger partial charge < -0.3 is 15.0 Å². The van der Waals surface area contributed by atoms with E-state index in [1.54, 1.807) is 6.20 Å². The second-order valence-corrected chi connectivity index (χ2v) is 5.14. The van der Waals surface area contributed by atoms with E-state index in [9.17, 15) is 0 Å². The maximum absolute atomic E-state index is 6.06. The number of nitrogens with two attached hydrogens (primary N) is 1. The summed E-state index contributed by atoms with van der Waals surface area (Å²) in [5, 5.41) is 0.990. The number of pyridine rings is 2. The summed E-state index contributed by atoms with van der Waals surface area (Å²) >= 11 is 0. The Bertz CT molecular complexity index is 810. The van der Waals surface area contributed by atoms with E-state index < -0.39 is 0 Å². The Morgan fingerprint density at radius 2 is 2.30 bits per heavy atom. The van der Waals surface area contributed by atoms with Gasteiger partial charge in [0.1, 0.15) is 11.3 Å². The predicted molar refractivity (Wildman–Crippen MR) is 76.5 cm³/mol. The van der Waals surface area contributed by atoms with E-state index >= 15 is 0 Å². The molecular weight excluding hydrogens is 254 g/mol. The Labute approximate surface area is 115 Å². The molecule has 3 aromatic rings. The van der Waals surface area contributed by atoms with Crippen LogP contribution in [0.5, 0.6) is 0 Å². The van der Waals surface area contributed by atoms with Crippen molar-refractivity contribution in [3.05, 3.63) is 24.2 Å². The number of nitrogen functional groups attached to an aromatic ring is 1. The standard InChI is InChI=1S/C14H15N5O/c1-8-7-20-6-4-10-17-11-12(19(8)10)9-3-2-5-16-14(9)18-13(11)15/h2-3,5,8H,4,6-7H2,1H3,(H2,15,16,18). The van der Waals surface area contributed by atoms with E-state index in [0.717, 1.165) is 28.7 Å². The summed E-state index contributed by atoms with van der Waals surface area (Å²) in [5.74, 6) is 1.45. The first-order chi connectivity index (χ1) is 9.75. The minimum Gasteiger partial charge on any atom is -0.382 e. The highest BCUT2D eigenvalue weighted by Gasteiger charge is 2.22. The van der Waals surface area contributed by atoms with Crippen LogP contribution in [0, 0.1) is 0 Å². The van der Waals surface area contributed by atoms with Crippen LogP contribution >= 0.6 is 0 Å². The highest BCUT2D eigenvalue weighted by Crippen LogP contribution is 2.31. The number of fused-ring (bicyclic) bond motifs is 5. The van der Waals surface area contributed by atoms with Gasteiger partial charge in [0, 0.05) is 18.0 Å². The van der Waals surface area contributed by atoms with Crippen LogP contribution < -0.4 is 5.73 Å². The molecule has 0 aliphatic carbocycles. The van der Waals surface area contributed by atoms with Gasteiger partial charge in [-0.05, 0) is 19.1 Å². The van der Waals surface area contributed by atoms with Crippen molar-refractivity contribution < 1.29 is 4.74 Å². The summed E-state index contributed by atoms with van der Waals surface area (Å²) in [6.07, 6.45) is 2.52. The molecule has 1 aliphatic heterocycles. The van der Waals surface area contributed by atoms with Crippen LogP contribution in [0.1, 0.15) is 18.8 Å². The number of ether oxygens (including phenoxy) is 1. The lowest BCUT2D eigenvalue weighted by atomic mass is 10.2. The molecule has 0 spiro atoms. The SMILES string of the molecule is CC1COCCc2nc3c(N)nc4ncccc4c3n21. The van der Waals surface area contributed by atoms with Gasteiger partial charge in [-0.3, -0.25) is 0 Å². The second-order valence-electron chi connectivity index (χ2n) is 5.14. The van der Waals surface area contributed by atoms with Crippen molar-refractivity contribution in [2.75, 3.05) is 18.9 Å². The highest BCUT2D eigenvalue weighted by molar-refractivity contribution is 6.05. The molecule has 0 saturated carbocycles. The van der Waals surface area contributed by atoms with Crippen LogP contribution in [0.4, 0.5) is 5.82 Å². The van der Waals surface area contributed by atoms with E-state index in [4.69, 9.17) is 10.5 Å². The highest BCUT2D eigenvalue weighted by atomic mass is 16.5. The van der Waals surface area contributed by atoms with Crippen LogP contribution in [0.3, 0.4) is 0 Å². The molecule has 2 N–H and O–H groups in total. The van der Waals surface area contributed by atoms with Crippen LogP contribution in [0.25, 0.3) is 22.1 Å². The van der Waals surface area contributed by atoms with Gasteiger partial charge in [0.15, 0.2) is 11.5 Å². The smallest absolute Gasteiger partial charge is 0.163 e. The van der Waals surface area contributed by atoms with Crippen LogP contribution in [0.15, 0.2) is 18.3 Å². The average molecular weight is 269 g/mol. The first kappa shape index (κ1) is 11.6. The summed E-state index contributed by atoms with van der Waals surface area (Å²) in [4.78, 5) is 13.3. The Hall–Kier alpha value is -2.21. The zero-order chi connectivity index (χ0) is 13.7. The Morgan fingerprint density at radius 1 is 1.40 bits per heavy atom. The normalized spacial score (nSPS) is 19.1.